The predicted molar refractivity (Wildman–Crippen MR) is 103 cm³/mol. The molecule has 0 unspecified atom stereocenters. The molecule has 1 fully saturated rings. The molecule has 0 radical (unpaired) electrons. The van der Waals surface area contributed by atoms with Crippen LogP contribution in [0.5, 0.6) is 5.75 Å². The maximum Gasteiger partial charge on any atom is 0.323 e. The van der Waals surface area contributed by atoms with Gasteiger partial charge in [0.15, 0.2) is 0 Å². The number of pyridine rings is 1. The summed E-state index contributed by atoms with van der Waals surface area (Å²) in [4.78, 5) is 42.9. The Morgan fingerprint density at radius 1 is 1.28 bits per heavy atom. The Balaban J connectivity index is 1.64. The number of methoxy groups -OCH3 is 1. The summed E-state index contributed by atoms with van der Waals surface area (Å²) in [6, 6.07) is 8.12. The Labute approximate surface area is 167 Å². The molecule has 0 saturated carbocycles. The molecular formula is C21H18N4O4. The third kappa shape index (κ3) is 3.50. The molecule has 0 spiro atoms. The van der Waals surface area contributed by atoms with E-state index < -0.39 is 17.5 Å². The van der Waals surface area contributed by atoms with Crippen molar-refractivity contribution in [2.45, 2.75) is 12.0 Å². The van der Waals surface area contributed by atoms with Gasteiger partial charge in [0, 0.05) is 30.1 Å². The number of nitrogens with one attached hydrogen (secondary N) is 2. The summed E-state index contributed by atoms with van der Waals surface area (Å²) >= 11 is 0. The fourth-order valence-corrected chi connectivity index (χ4v) is 3.42. The van der Waals surface area contributed by atoms with Crippen LogP contribution in [-0.2, 0) is 11.2 Å². The van der Waals surface area contributed by atoms with Gasteiger partial charge < -0.3 is 15.0 Å². The fraction of sp³-hybridized carbons (Fsp3) is 0.238. The minimum atomic E-state index is -1.52. The van der Waals surface area contributed by atoms with Crippen molar-refractivity contribution in [3.8, 4) is 17.6 Å². The van der Waals surface area contributed by atoms with Crippen molar-refractivity contribution in [1.82, 2.24) is 20.5 Å². The number of amides is 4. The monoisotopic (exact) mass is 390 g/mol. The first-order valence-electron chi connectivity index (χ1n) is 9.04. The lowest BCUT2D eigenvalue weighted by Crippen LogP contribution is -2.56. The van der Waals surface area contributed by atoms with Crippen LogP contribution in [0.2, 0.25) is 0 Å². The number of urea groups is 1. The summed E-state index contributed by atoms with van der Waals surface area (Å²) in [6.45, 7) is 0.348. The molecule has 0 aliphatic carbocycles. The Hall–Kier alpha value is -3.86. The van der Waals surface area contributed by atoms with Crippen molar-refractivity contribution < 1.29 is 19.1 Å². The number of ether oxygens (including phenoxy) is 1. The molecule has 29 heavy (non-hydrogen) atoms. The first-order valence-corrected chi connectivity index (χ1v) is 9.04. The molecule has 1 aromatic heterocycles. The second kappa shape index (κ2) is 7.28. The largest absolute Gasteiger partial charge is 0.497 e. The van der Waals surface area contributed by atoms with Gasteiger partial charge in [0.2, 0.25) is 5.54 Å². The second-order valence-electron chi connectivity index (χ2n) is 6.81. The lowest BCUT2D eigenvalue weighted by molar-refractivity contribution is -0.122. The number of aromatic nitrogens is 1. The third-order valence-electron chi connectivity index (χ3n) is 4.93. The number of rotatable bonds is 3. The van der Waals surface area contributed by atoms with Gasteiger partial charge in [-0.3, -0.25) is 19.9 Å². The van der Waals surface area contributed by atoms with E-state index in [1.165, 1.54) is 4.90 Å². The molecule has 146 valence electrons. The average molecular weight is 390 g/mol. The molecule has 2 N–H and O–H groups in total. The quantitative estimate of drug-likeness (QED) is 0.594. The van der Waals surface area contributed by atoms with Gasteiger partial charge in [-0.15, -0.1) is 0 Å². The number of hydrogen-bond acceptors (Lipinski definition) is 5. The number of carbonyl (C=O) groups excluding carboxylic acids is 3. The third-order valence-corrected chi connectivity index (χ3v) is 4.93. The summed E-state index contributed by atoms with van der Waals surface area (Å²) < 4.78 is 5.22. The molecule has 4 rings (SSSR count). The minimum Gasteiger partial charge on any atom is -0.497 e. The fourth-order valence-electron chi connectivity index (χ4n) is 3.42. The van der Waals surface area contributed by atoms with Crippen molar-refractivity contribution in [2.24, 2.45) is 0 Å². The maximum atomic E-state index is 13.0. The highest BCUT2D eigenvalue weighted by Gasteiger charge is 2.47. The first-order chi connectivity index (χ1) is 14.0. The van der Waals surface area contributed by atoms with Crippen LogP contribution < -0.4 is 15.4 Å². The zero-order chi connectivity index (χ0) is 20.4. The molecule has 3 heterocycles. The first kappa shape index (κ1) is 18.5. The minimum absolute atomic E-state index is 0.0534. The van der Waals surface area contributed by atoms with E-state index in [-0.39, 0.29) is 12.5 Å². The van der Waals surface area contributed by atoms with Crippen LogP contribution >= 0.6 is 0 Å². The van der Waals surface area contributed by atoms with Crippen molar-refractivity contribution in [3.05, 3.63) is 59.4 Å². The zero-order valence-corrected chi connectivity index (χ0v) is 15.7. The molecule has 8 nitrogen and oxygen atoms in total. The molecule has 1 aromatic carbocycles. The number of carbonyl (C=O) groups is 3. The van der Waals surface area contributed by atoms with E-state index in [0.717, 1.165) is 5.56 Å². The van der Waals surface area contributed by atoms with E-state index in [9.17, 15) is 14.4 Å². The van der Waals surface area contributed by atoms with Crippen LogP contribution in [0, 0.1) is 11.8 Å². The van der Waals surface area contributed by atoms with Crippen LogP contribution in [0.4, 0.5) is 4.79 Å². The second-order valence-corrected chi connectivity index (χ2v) is 6.81. The summed E-state index contributed by atoms with van der Waals surface area (Å²) in [7, 11) is 1.57. The number of benzene rings is 1. The van der Waals surface area contributed by atoms with Gasteiger partial charge in [0.25, 0.3) is 11.8 Å². The highest BCUT2D eigenvalue weighted by Crippen LogP contribution is 2.25. The summed E-state index contributed by atoms with van der Waals surface area (Å²) in [5, 5.41) is 4.81. The normalized spacial score (nSPS) is 20.3. The van der Waals surface area contributed by atoms with Crippen molar-refractivity contribution >= 4 is 17.8 Å². The molecular weight excluding hydrogens is 372 g/mol. The van der Waals surface area contributed by atoms with E-state index in [2.05, 4.69) is 27.5 Å². The highest BCUT2D eigenvalue weighted by molar-refractivity contribution is 6.10. The van der Waals surface area contributed by atoms with E-state index >= 15 is 0 Å². The summed E-state index contributed by atoms with van der Waals surface area (Å²) in [5.41, 5.74) is 0.522. The zero-order valence-electron chi connectivity index (χ0n) is 15.7. The standard InChI is InChI=1S/C21H18N4O4/c1-29-16-4-5-17-15(11-16)7-10-25(18(17)26)13-21(19(27)23-20(28)24-21)8-6-14-3-2-9-22-12-14/h2-5,9,11-12H,7,10,13H2,1H3,(H2,23,24,27,28)/t21-/m0/s1. The number of imide groups is 1. The Kier molecular flexibility index (Phi) is 4.64. The SMILES string of the molecule is COc1ccc2c(c1)CCN(C[C@]1(C#Cc3cccnc3)NC(=O)NC1=O)C2=O. The molecule has 4 amide bonds. The highest BCUT2D eigenvalue weighted by atomic mass is 16.5. The van der Waals surface area contributed by atoms with Gasteiger partial charge >= 0.3 is 6.03 Å². The molecule has 1 saturated heterocycles. The smallest absolute Gasteiger partial charge is 0.323 e. The molecule has 0 bridgehead atoms. The Morgan fingerprint density at radius 3 is 2.83 bits per heavy atom. The predicted octanol–water partition coefficient (Wildman–Crippen LogP) is 0.718. The van der Waals surface area contributed by atoms with Crippen LogP contribution in [0.1, 0.15) is 21.5 Å². The topological polar surface area (TPSA) is 101 Å². The summed E-state index contributed by atoms with van der Waals surface area (Å²) in [6.07, 6.45) is 3.79. The Morgan fingerprint density at radius 2 is 2.14 bits per heavy atom. The lowest BCUT2D eigenvalue weighted by atomic mass is 9.94. The van der Waals surface area contributed by atoms with Crippen molar-refractivity contribution in [1.29, 1.82) is 0 Å². The van der Waals surface area contributed by atoms with Crippen LogP contribution in [0.25, 0.3) is 0 Å². The van der Waals surface area contributed by atoms with E-state index in [4.69, 9.17) is 4.74 Å². The van der Waals surface area contributed by atoms with Gasteiger partial charge in [-0.25, -0.2) is 4.79 Å². The van der Waals surface area contributed by atoms with Crippen LogP contribution in [0.15, 0.2) is 42.7 Å². The van der Waals surface area contributed by atoms with Crippen molar-refractivity contribution in [3.63, 3.8) is 0 Å². The summed E-state index contributed by atoms with van der Waals surface area (Å²) in [5.74, 6) is 5.62. The maximum absolute atomic E-state index is 13.0. The van der Waals surface area contributed by atoms with Gasteiger partial charge in [-0.2, -0.15) is 0 Å². The average Bonchev–Trinajstić information content (AvgIpc) is 3.02. The van der Waals surface area contributed by atoms with Gasteiger partial charge in [-0.1, -0.05) is 11.8 Å². The number of fused-ring (bicyclic) bond motifs is 1. The van der Waals surface area contributed by atoms with Crippen molar-refractivity contribution in [2.75, 3.05) is 20.2 Å². The number of nitrogens with zero attached hydrogens (tertiary/aromatic N) is 2. The van der Waals surface area contributed by atoms with E-state index in [1.807, 2.05) is 6.07 Å². The van der Waals surface area contributed by atoms with Gasteiger partial charge in [-0.05, 0) is 42.3 Å². The number of hydrogen-bond donors (Lipinski definition) is 2. The van der Waals surface area contributed by atoms with Crippen LogP contribution in [-0.4, -0.2) is 53.5 Å². The molecule has 1 atom stereocenters. The molecule has 2 aliphatic heterocycles. The van der Waals surface area contributed by atoms with Crippen LogP contribution in [0.3, 0.4) is 0 Å². The lowest BCUT2D eigenvalue weighted by Gasteiger charge is -2.33. The van der Waals surface area contributed by atoms with E-state index in [1.54, 1.807) is 43.8 Å². The molecule has 8 heteroatoms. The van der Waals surface area contributed by atoms with Gasteiger partial charge in [0.05, 0.1) is 13.7 Å². The molecule has 2 aliphatic rings. The Bertz CT molecular complexity index is 1060. The van der Waals surface area contributed by atoms with E-state index in [0.29, 0.717) is 29.8 Å². The molecule has 2 aromatic rings. The van der Waals surface area contributed by atoms with Gasteiger partial charge in [0.1, 0.15) is 5.75 Å².